The fourth-order valence-electron chi connectivity index (χ4n) is 4.70. The summed E-state index contributed by atoms with van der Waals surface area (Å²) in [7, 11) is 2.06. The van der Waals surface area contributed by atoms with Gasteiger partial charge in [-0.3, -0.25) is 4.90 Å². The molecule has 1 aromatic heterocycles. The van der Waals surface area contributed by atoms with Gasteiger partial charge < -0.3 is 20.3 Å². The van der Waals surface area contributed by atoms with Crippen molar-refractivity contribution in [2.24, 2.45) is 0 Å². The fraction of sp³-hybridized carbons (Fsp3) is 0.565. The zero-order chi connectivity index (χ0) is 23.2. The maximum absolute atomic E-state index is 15.4. The van der Waals surface area contributed by atoms with Gasteiger partial charge in [-0.05, 0) is 40.8 Å². The Morgan fingerprint density at radius 2 is 1.62 bits per heavy atom. The molecule has 7 nitrogen and oxygen atoms in total. The molecule has 9 heteroatoms. The number of nitrogen functional groups attached to an aromatic ring is 1. The van der Waals surface area contributed by atoms with E-state index in [-0.39, 0.29) is 41.2 Å². The van der Waals surface area contributed by atoms with E-state index in [1.807, 2.05) is 23.6 Å². The predicted molar refractivity (Wildman–Crippen MR) is 123 cm³/mol. The van der Waals surface area contributed by atoms with E-state index in [9.17, 15) is 0 Å². The quantitative estimate of drug-likeness (QED) is 0.727. The van der Waals surface area contributed by atoms with Crippen molar-refractivity contribution in [1.82, 2.24) is 14.9 Å². The third kappa shape index (κ3) is 4.23. The molecule has 32 heavy (non-hydrogen) atoms. The number of rotatable bonds is 3. The summed E-state index contributed by atoms with van der Waals surface area (Å²) in [6.07, 6.45) is 1.56. The molecule has 0 spiro atoms. The molecule has 174 valence electrons. The van der Waals surface area contributed by atoms with Crippen molar-refractivity contribution < 1.29 is 13.5 Å². The normalized spacial score (nSPS) is 27.1. The van der Waals surface area contributed by atoms with Crippen LogP contribution >= 0.6 is 0 Å². The summed E-state index contributed by atoms with van der Waals surface area (Å²) >= 11 is 0. The van der Waals surface area contributed by atoms with Crippen LogP contribution in [0.5, 0.6) is 0 Å². The maximum atomic E-state index is 15.4. The Morgan fingerprint density at radius 3 is 2.25 bits per heavy atom. The summed E-state index contributed by atoms with van der Waals surface area (Å²) < 4.78 is 36.5. The summed E-state index contributed by atoms with van der Waals surface area (Å²) in [6.45, 7) is 10.7. The first-order valence-corrected chi connectivity index (χ1v) is 11.1. The van der Waals surface area contributed by atoms with E-state index in [4.69, 9.17) is 10.5 Å². The number of aromatic nitrogens is 2. The highest BCUT2D eigenvalue weighted by Crippen LogP contribution is 2.37. The summed E-state index contributed by atoms with van der Waals surface area (Å²) in [5, 5.41) is 0. The topological polar surface area (TPSA) is 70.8 Å². The molecular formula is C23H32F2N6O. The number of piperazine rings is 1. The van der Waals surface area contributed by atoms with Crippen molar-refractivity contribution >= 4 is 17.3 Å². The Morgan fingerprint density at radius 1 is 1.00 bits per heavy atom. The van der Waals surface area contributed by atoms with E-state index >= 15 is 8.78 Å². The molecule has 2 N–H and O–H groups in total. The molecule has 0 radical (unpaired) electrons. The Bertz CT molecular complexity index is 967. The first-order chi connectivity index (χ1) is 15.2. The molecule has 0 aliphatic carbocycles. The monoisotopic (exact) mass is 446 g/mol. The fourth-order valence-corrected chi connectivity index (χ4v) is 4.70. The molecule has 2 aliphatic heterocycles. The summed E-state index contributed by atoms with van der Waals surface area (Å²) in [6, 6.07) is 3.33. The van der Waals surface area contributed by atoms with E-state index < -0.39 is 11.6 Å². The molecule has 2 aliphatic rings. The zero-order valence-electron chi connectivity index (χ0n) is 19.3. The van der Waals surface area contributed by atoms with Crippen LogP contribution < -0.4 is 15.5 Å². The van der Waals surface area contributed by atoms with Crippen LogP contribution in [0.1, 0.15) is 27.7 Å². The van der Waals surface area contributed by atoms with Crippen LogP contribution in [0.3, 0.4) is 0 Å². The molecule has 2 saturated heterocycles. The molecule has 2 aromatic rings. The standard InChI is InChI=1S/C23H32F2N6O/c1-13-9-30(10-14(2)29(13)5)19-8-17(24)20(21(25)22(19)26)18-6-7-27-23(28-18)31-11-15(3)32-16(4)12-31/h6-8,13-16H,9-12,26H2,1-5H3/t13-,14+,15-,16+. The Hall–Kier alpha value is -2.52. The van der Waals surface area contributed by atoms with E-state index in [2.05, 4.69) is 35.8 Å². The number of anilines is 3. The van der Waals surface area contributed by atoms with Crippen LogP contribution in [0.2, 0.25) is 0 Å². The Balaban J connectivity index is 1.68. The number of hydrogen-bond donors (Lipinski definition) is 1. The smallest absolute Gasteiger partial charge is 0.226 e. The minimum atomic E-state index is -0.785. The zero-order valence-corrected chi connectivity index (χ0v) is 19.3. The number of benzene rings is 1. The average Bonchev–Trinajstić information content (AvgIpc) is 2.74. The van der Waals surface area contributed by atoms with Gasteiger partial charge in [-0.2, -0.15) is 0 Å². The van der Waals surface area contributed by atoms with Gasteiger partial charge >= 0.3 is 0 Å². The third-order valence-corrected chi connectivity index (χ3v) is 6.54. The van der Waals surface area contributed by atoms with Crippen LogP contribution in [0, 0.1) is 11.6 Å². The highest BCUT2D eigenvalue weighted by atomic mass is 19.1. The van der Waals surface area contributed by atoms with Gasteiger partial charge in [0.2, 0.25) is 5.95 Å². The van der Waals surface area contributed by atoms with Crippen molar-refractivity contribution in [2.75, 3.05) is 48.8 Å². The molecule has 1 aromatic carbocycles. The summed E-state index contributed by atoms with van der Waals surface area (Å²) in [5.41, 5.74) is 6.48. The first-order valence-electron chi connectivity index (χ1n) is 11.1. The highest BCUT2D eigenvalue weighted by Gasteiger charge is 2.30. The van der Waals surface area contributed by atoms with Crippen molar-refractivity contribution in [3.05, 3.63) is 30.0 Å². The molecule has 0 saturated carbocycles. The van der Waals surface area contributed by atoms with Gasteiger partial charge in [-0.25, -0.2) is 18.7 Å². The van der Waals surface area contributed by atoms with Gasteiger partial charge in [0, 0.05) is 50.5 Å². The molecule has 4 rings (SSSR count). The van der Waals surface area contributed by atoms with Gasteiger partial charge in [-0.15, -0.1) is 0 Å². The van der Waals surface area contributed by atoms with Gasteiger partial charge in [-0.1, -0.05) is 0 Å². The summed E-state index contributed by atoms with van der Waals surface area (Å²) in [5.74, 6) is -1.04. The molecule has 0 unspecified atom stereocenters. The molecule has 4 atom stereocenters. The lowest BCUT2D eigenvalue weighted by molar-refractivity contribution is -0.00571. The second-order valence-corrected chi connectivity index (χ2v) is 9.15. The van der Waals surface area contributed by atoms with Gasteiger partial charge in [0.25, 0.3) is 0 Å². The maximum Gasteiger partial charge on any atom is 0.226 e. The first kappa shape index (κ1) is 22.7. The number of hydrogen-bond acceptors (Lipinski definition) is 7. The minimum absolute atomic E-state index is 0.0165. The van der Waals surface area contributed by atoms with Crippen LogP contribution in [0.4, 0.5) is 26.1 Å². The largest absolute Gasteiger partial charge is 0.395 e. The molecule has 0 amide bonds. The molecule has 0 bridgehead atoms. The highest BCUT2D eigenvalue weighted by molar-refractivity contribution is 5.77. The summed E-state index contributed by atoms with van der Waals surface area (Å²) in [4.78, 5) is 15.0. The van der Waals surface area contributed by atoms with Gasteiger partial charge in [0.05, 0.1) is 34.8 Å². The number of halogens is 2. The van der Waals surface area contributed by atoms with Crippen LogP contribution in [0.25, 0.3) is 11.3 Å². The third-order valence-electron chi connectivity index (χ3n) is 6.54. The number of nitrogens with two attached hydrogens (primary N) is 1. The van der Waals surface area contributed by atoms with Gasteiger partial charge in [0.15, 0.2) is 5.82 Å². The van der Waals surface area contributed by atoms with Crippen molar-refractivity contribution in [2.45, 2.75) is 52.0 Å². The second-order valence-electron chi connectivity index (χ2n) is 9.15. The number of morpholine rings is 1. The lowest BCUT2D eigenvalue weighted by atomic mass is 10.0. The lowest BCUT2D eigenvalue weighted by Gasteiger charge is -2.43. The number of ether oxygens (including phenoxy) is 1. The number of likely N-dealkylation sites (N-methyl/N-ethyl adjacent to an activating group) is 1. The van der Waals surface area contributed by atoms with E-state index in [0.29, 0.717) is 37.8 Å². The van der Waals surface area contributed by atoms with Crippen molar-refractivity contribution in [3.63, 3.8) is 0 Å². The Kier molecular flexibility index (Phi) is 6.22. The Labute approximate surface area is 188 Å². The van der Waals surface area contributed by atoms with Gasteiger partial charge in [0.1, 0.15) is 5.82 Å². The van der Waals surface area contributed by atoms with Crippen LogP contribution in [-0.4, -0.2) is 72.4 Å². The van der Waals surface area contributed by atoms with Crippen LogP contribution in [0.15, 0.2) is 18.3 Å². The second kappa shape index (κ2) is 8.78. The SMILES string of the molecule is C[C@@H]1CN(c2nccc(-c3c(F)cc(N4C[C@@H](C)N(C)[C@@H](C)C4)c(N)c3F)n2)C[C@H](C)O1. The minimum Gasteiger partial charge on any atom is -0.395 e. The van der Waals surface area contributed by atoms with E-state index in [1.165, 1.54) is 18.3 Å². The molecular weight excluding hydrogens is 414 g/mol. The van der Waals surface area contributed by atoms with E-state index in [0.717, 1.165) is 0 Å². The number of nitrogens with zero attached hydrogens (tertiary/aromatic N) is 5. The molecule has 3 heterocycles. The van der Waals surface area contributed by atoms with Crippen molar-refractivity contribution in [3.8, 4) is 11.3 Å². The molecule has 2 fully saturated rings. The van der Waals surface area contributed by atoms with E-state index in [1.54, 1.807) is 0 Å². The average molecular weight is 447 g/mol. The predicted octanol–water partition coefficient (Wildman–Crippen LogP) is 3.15. The van der Waals surface area contributed by atoms with Crippen molar-refractivity contribution in [1.29, 1.82) is 0 Å². The van der Waals surface area contributed by atoms with Crippen LogP contribution in [-0.2, 0) is 4.74 Å². The lowest BCUT2D eigenvalue weighted by Crippen LogP contribution is -2.55.